The van der Waals surface area contributed by atoms with E-state index in [9.17, 15) is 5.11 Å². The second kappa shape index (κ2) is 3.75. The highest BCUT2D eigenvalue weighted by molar-refractivity contribution is 9.10. The van der Waals surface area contributed by atoms with Crippen molar-refractivity contribution in [3.05, 3.63) is 22.7 Å². The molecule has 0 fully saturated rings. The quantitative estimate of drug-likeness (QED) is 0.887. The molecular formula is C11H14BrN3O. The van der Waals surface area contributed by atoms with E-state index in [-0.39, 0.29) is 6.61 Å². The topological polar surface area (TPSA) is 64.1 Å². The Labute approximate surface area is 102 Å². The van der Waals surface area contributed by atoms with Crippen molar-refractivity contribution < 1.29 is 5.11 Å². The van der Waals surface area contributed by atoms with Crippen LogP contribution in [0.3, 0.4) is 0 Å². The molecule has 1 heterocycles. The number of nitrogens with zero attached hydrogens (tertiary/aromatic N) is 2. The third-order valence-electron chi connectivity index (χ3n) is 2.63. The first-order chi connectivity index (χ1) is 7.45. The Balaban J connectivity index is 2.77. The molecule has 5 heteroatoms. The Morgan fingerprint density at radius 3 is 2.81 bits per heavy atom. The first-order valence-corrected chi connectivity index (χ1v) is 5.80. The van der Waals surface area contributed by atoms with Crippen LogP contribution in [-0.4, -0.2) is 21.3 Å². The van der Waals surface area contributed by atoms with Crippen molar-refractivity contribution >= 4 is 32.9 Å². The van der Waals surface area contributed by atoms with Gasteiger partial charge in [0.15, 0.2) is 0 Å². The molecule has 1 aromatic heterocycles. The fraction of sp³-hybridized carbons (Fsp3) is 0.364. The Bertz CT molecular complexity index is 533. The highest BCUT2D eigenvalue weighted by Gasteiger charge is 2.24. The van der Waals surface area contributed by atoms with Crippen LogP contribution in [0.25, 0.3) is 11.0 Å². The normalized spacial score (nSPS) is 12.2. The molecule has 1 aromatic carbocycles. The fourth-order valence-electron chi connectivity index (χ4n) is 1.77. The summed E-state index contributed by atoms with van der Waals surface area (Å²) >= 11 is 3.42. The van der Waals surface area contributed by atoms with Crippen LogP contribution < -0.4 is 5.73 Å². The third kappa shape index (κ3) is 1.70. The van der Waals surface area contributed by atoms with E-state index in [0.29, 0.717) is 5.95 Å². The van der Waals surface area contributed by atoms with E-state index in [2.05, 4.69) is 20.9 Å². The summed E-state index contributed by atoms with van der Waals surface area (Å²) in [6.45, 7) is 3.85. The highest BCUT2D eigenvalue weighted by Crippen LogP contribution is 2.28. The van der Waals surface area contributed by atoms with Gasteiger partial charge in [-0.15, -0.1) is 0 Å². The summed E-state index contributed by atoms with van der Waals surface area (Å²) in [5, 5.41) is 9.40. The Hall–Kier alpha value is -1.07. The minimum absolute atomic E-state index is 0.00910. The lowest BCUT2D eigenvalue weighted by Crippen LogP contribution is -2.31. The molecule has 0 unspecified atom stereocenters. The number of rotatable bonds is 2. The van der Waals surface area contributed by atoms with E-state index in [1.54, 1.807) is 0 Å². The van der Waals surface area contributed by atoms with E-state index in [1.807, 2.05) is 36.6 Å². The summed E-state index contributed by atoms with van der Waals surface area (Å²) in [4.78, 5) is 4.28. The molecule has 2 aromatic rings. The Morgan fingerprint density at radius 2 is 2.19 bits per heavy atom. The first-order valence-electron chi connectivity index (χ1n) is 5.00. The van der Waals surface area contributed by atoms with Gasteiger partial charge >= 0.3 is 0 Å². The lowest BCUT2D eigenvalue weighted by molar-refractivity contribution is 0.169. The monoisotopic (exact) mass is 283 g/mol. The van der Waals surface area contributed by atoms with Crippen molar-refractivity contribution in [2.24, 2.45) is 0 Å². The molecule has 0 aliphatic carbocycles. The molecule has 0 bridgehead atoms. The van der Waals surface area contributed by atoms with Crippen LogP contribution in [0.1, 0.15) is 13.8 Å². The van der Waals surface area contributed by atoms with Crippen LogP contribution in [0.4, 0.5) is 5.95 Å². The summed E-state index contributed by atoms with van der Waals surface area (Å²) < 4.78 is 2.82. The molecule has 0 aliphatic rings. The van der Waals surface area contributed by atoms with Crippen molar-refractivity contribution in [2.75, 3.05) is 12.3 Å². The van der Waals surface area contributed by atoms with Crippen molar-refractivity contribution in [3.63, 3.8) is 0 Å². The van der Waals surface area contributed by atoms with Gasteiger partial charge in [-0.1, -0.05) is 15.9 Å². The zero-order chi connectivity index (χ0) is 11.9. The second-order valence-corrected chi connectivity index (χ2v) is 5.32. The minimum Gasteiger partial charge on any atom is -0.394 e. The SMILES string of the molecule is CC(C)(CO)n1c(N)nc2ccc(Br)cc21. The standard InChI is InChI=1S/C11H14BrN3O/c1-11(2,6-16)15-9-5-7(12)3-4-8(9)14-10(15)13/h3-5,16H,6H2,1-2H3,(H2,13,14). The molecule has 16 heavy (non-hydrogen) atoms. The van der Waals surface area contributed by atoms with Crippen LogP contribution in [0.5, 0.6) is 0 Å². The number of benzene rings is 1. The molecule has 0 atom stereocenters. The smallest absolute Gasteiger partial charge is 0.201 e. The molecule has 4 nitrogen and oxygen atoms in total. The number of nitrogens with two attached hydrogens (primary N) is 1. The van der Waals surface area contributed by atoms with Gasteiger partial charge in [0.05, 0.1) is 23.2 Å². The van der Waals surface area contributed by atoms with E-state index >= 15 is 0 Å². The van der Waals surface area contributed by atoms with Crippen molar-refractivity contribution in [1.82, 2.24) is 9.55 Å². The lowest BCUT2D eigenvalue weighted by Gasteiger charge is -2.25. The maximum absolute atomic E-state index is 9.40. The fourth-order valence-corrected chi connectivity index (χ4v) is 2.12. The van der Waals surface area contributed by atoms with Gasteiger partial charge in [0.1, 0.15) is 0 Å². The van der Waals surface area contributed by atoms with Crippen LogP contribution in [0, 0.1) is 0 Å². The van der Waals surface area contributed by atoms with Gasteiger partial charge in [-0.25, -0.2) is 4.98 Å². The summed E-state index contributed by atoms with van der Waals surface area (Å²) in [5.41, 5.74) is 7.19. The maximum Gasteiger partial charge on any atom is 0.201 e. The predicted molar refractivity (Wildman–Crippen MR) is 68.3 cm³/mol. The largest absolute Gasteiger partial charge is 0.394 e. The number of nitrogen functional groups attached to an aromatic ring is 1. The van der Waals surface area contributed by atoms with Gasteiger partial charge in [0.2, 0.25) is 5.95 Å². The molecule has 0 amide bonds. The molecule has 3 N–H and O–H groups in total. The predicted octanol–water partition coefficient (Wildman–Crippen LogP) is 2.11. The minimum atomic E-state index is -0.459. The number of fused-ring (bicyclic) bond motifs is 1. The molecule has 0 spiro atoms. The molecule has 0 saturated heterocycles. The van der Waals surface area contributed by atoms with E-state index < -0.39 is 5.54 Å². The molecule has 2 rings (SSSR count). The number of anilines is 1. The van der Waals surface area contributed by atoms with Gasteiger partial charge in [-0.05, 0) is 32.0 Å². The van der Waals surface area contributed by atoms with Crippen LogP contribution in [0.2, 0.25) is 0 Å². The van der Waals surface area contributed by atoms with Crippen molar-refractivity contribution in [3.8, 4) is 0 Å². The number of hydrogen-bond donors (Lipinski definition) is 2. The molecular weight excluding hydrogens is 270 g/mol. The number of aromatic nitrogens is 2. The average molecular weight is 284 g/mol. The Morgan fingerprint density at radius 1 is 1.50 bits per heavy atom. The summed E-state index contributed by atoms with van der Waals surface area (Å²) in [5.74, 6) is 0.423. The summed E-state index contributed by atoms with van der Waals surface area (Å²) in [6.07, 6.45) is 0. The molecule has 86 valence electrons. The first kappa shape index (κ1) is 11.4. The second-order valence-electron chi connectivity index (χ2n) is 4.41. The third-order valence-corrected chi connectivity index (χ3v) is 3.13. The highest BCUT2D eigenvalue weighted by atomic mass is 79.9. The van der Waals surface area contributed by atoms with E-state index in [1.165, 1.54) is 0 Å². The number of aliphatic hydroxyl groups excluding tert-OH is 1. The molecule has 0 aliphatic heterocycles. The van der Waals surface area contributed by atoms with Crippen molar-refractivity contribution in [1.29, 1.82) is 0 Å². The molecule has 0 saturated carbocycles. The number of hydrogen-bond acceptors (Lipinski definition) is 3. The van der Waals surface area contributed by atoms with Crippen LogP contribution >= 0.6 is 15.9 Å². The van der Waals surface area contributed by atoms with Gasteiger partial charge in [-0.3, -0.25) is 0 Å². The number of imidazole rings is 1. The van der Waals surface area contributed by atoms with Crippen LogP contribution in [-0.2, 0) is 5.54 Å². The van der Waals surface area contributed by atoms with Gasteiger partial charge in [0, 0.05) is 4.47 Å². The van der Waals surface area contributed by atoms with Gasteiger partial charge in [-0.2, -0.15) is 0 Å². The van der Waals surface area contributed by atoms with E-state index in [4.69, 9.17) is 5.73 Å². The molecule has 0 radical (unpaired) electrons. The van der Waals surface area contributed by atoms with Gasteiger partial charge < -0.3 is 15.4 Å². The summed E-state index contributed by atoms with van der Waals surface area (Å²) in [7, 11) is 0. The Kier molecular flexibility index (Phi) is 2.67. The summed E-state index contributed by atoms with van der Waals surface area (Å²) in [6, 6.07) is 5.78. The average Bonchev–Trinajstić information content (AvgIpc) is 2.54. The number of halogens is 1. The van der Waals surface area contributed by atoms with Gasteiger partial charge in [0.25, 0.3) is 0 Å². The lowest BCUT2D eigenvalue weighted by atomic mass is 10.1. The van der Waals surface area contributed by atoms with Crippen molar-refractivity contribution in [2.45, 2.75) is 19.4 Å². The zero-order valence-corrected chi connectivity index (χ0v) is 10.8. The van der Waals surface area contributed by atoms with Crippen LogP contribution in [0.15, 0.2) is 22.7 Å². The number of aliphatic hydroxyl groups is 1. The zero-order valence-electron chi connectivity index (χ0n) is 9.24. The maximum atomic E-state index is 9.40. The van der Waals surface area contributed by atoms with E-state index in [0.717, 1.165) is 15.5 Å².